The van der Waals surface area contributed by atoms with Crippen LogP contribution in [0.15, 0.2) is 6.07 Å². The van der Waals surface area contributed by atoms with E-state index in [0.717, 1.165) is 17.7 Å². The number of carbonyl (C=O) groups excluding carboxylic acids is 1. The van der Waals surface area contributed by atoms with Crippen molar-refractivity contribution in [3.63, 3.8) is 0 Å². The zero-order chi connectivity index (χ0) is 13.3. The van der Waals surface area contributed by atoms with Gasteiger partial charge in [-0.15, -0.1) is 11.3 Å². The van der Waals surface area contributed by atoms with Gasteiger partial charge in [-0.3, -0.25) is 4.79 Å². The number of nitrogens with two attached hydrogens (primary N) is 1. The van der Waals surface area contributed by atoms with Crippen molar-refractivity contribution in [1.82, 2.24) is 4.90 Å². The van der Waals surface area contributed by atoms with Gasteiger partial charge in [0.25, 0.3) is 5.91 Å². The number of nitrogen functional groups attached to an aromatic ring is 1. The van der Waals surface area contributed by atoms with Crippen LogP contribution in [0, 0.1) is 6.92 Å². The number of carbonyl (C=O) groups is 1. The second-order valence-electron chi connectivity index (χ2n) is 5.26. The van der Waals surface area contributed by atoms with Crippen LogP contribution in [0.1, 0.15) is 40.7 Å². The molecular weight excluding hydrogens is 248 g/mol. The van der Waals surface area contributed by atoms with E-state index in [4.69, 9.17) is 5.73 Å². The van der Waals surface area contributed by atoms with Gasteiger partial charge in [-0.05, 0) is 39.2 Å². The van der Waals surface area contributed by atoms with E-state index >= 15 is 0 Å². The zero-order valence-electron chi connectivity index (χ0n) is 10.9. The molecule has 1 saturated heterocycles. The Balaban J connectivity index is 2.09. The van der Waals surface area contributed by atoms with E-state index in [1.165, 1.54) is 11.3 Å². The number of amides is 1. The van der Waals surface area contributed by atoms with E-state index in [1.807, 2.05) is 18.7 Å². The molecule has 100 valence electrons. The van der Waals surface area contributed by atoms with Crippen molar-refractivity contribution in [2.75, 3.05) is 18.8 Å². The summed E-state index contributed by atoms with van der Waals surface area (Å²) in [5.41, 5.74) is 5.83. The van der Waals surface area contributed by atoms with Gasteiger partial charge in [-0.25, -0.2) is 0 Å². The maximum atomic E-state index is 12.3. The Morgan fingerprint density at radius 2 is 2.22 bits per heavy atom. The lowest BCUT2D eigenvalue weighted by Gasteiger charge is -2.22. The van der Waals surface area contributed by atoms with Crippen LogP contribution in [-0.2, 0) is 0 Å². The first kappa shape index (κ1) is 13.4. The summed E-state index contributed by atoms with van der Waals surface area (Å²) in [4.78, 5) is 15.8. The Morgan fingerprint density at radius 1 is 1.50 bits per heavy atom. The summed E-state index contributed by atoms with van der Waals surface area (Å²) in [5, 5.41) is 10.0. The summed E-state index contributed by atoms with van der Waals surface area (Å²) in [6.07, 6.45) is 2.24. The third-order valence-corrected chi connectivity index (χ3v) is 4.57. The highest BCUT2D eigenvalue weighted by molar-refractivity contribution is 7.14. The van der Waals surface area contributed by atoms with E-state index < -0.39 is 5.60 Å². The zero-order valence-corrected chi connectivity index (χ0v) is 11.7. The Morgan fingerprint density at radius 3 is 2.83 bits per heavy atom. The van der Waals surface area contributed by atoms with Crippen LogP contribution < -0.4 is 5.73 Å². The molecule has 18 heavy (non-hydrogen) atoms. The predicted octanol–water partition coefficient (Wildman–Crippen LogP) is 2.02. The van der Waals surface area contributed by atoms with Crippen LogP contribution in [0.25, 0.3) is 0 Å². The fraction of sp³-hybridized carbons (Fsp3) is 0.615. The standard InChI is InChI=1S/C13H20N2O2S/c1-9-10(14)8-11(18-9)12(16)15-6-3-4-13(2,17)5-7-15/h8,17H,3-7,14H2,1-2H3. The number of anilines is 1. The first-order valence-electron chi connectivity index (χ1n) is 6.27. The fourth-order valence-electron chi connectivity index (χ4n) is 2.22. The number of hydrogen-bond donors (Lipinski definition) is 2. The van der Waals surface area contributed by atoms with Gasteiger partial charge in [-0.1, -0.05) is 0 Å². The predicted molar refractivity (Wildman–Crippen MR) is 73.8 cm³/mol. The minimum Gasteiger partial charge on any atom is -0.398 e. The lowest BCUT2D eigenvalue weighted by atomic mass is 9.98. The topological polar surface area (TPSA) is 66.6 Å². The average Bonchev–Trinajstić information content (AvgIpc) is 2.52. The smallest absolute Gasteiger partial charge is 0.264 e. The first-order valence-corrected chi connectivity index (χ1v) is 7.08. The van der Waals surface area contributed by atoms with Gasteiger partial charge in [0.1, 0.15) is 0 Å². The molecule has 0 radical (unpaired) electrons. The van der Waals surface area contributed by atoms with E-state index in [0.29, 0.717) is 30.1 Å². The normalized spacial score (nSPS) is 24.9. The summed E-state index contributed by atoms with van der Waals surface area (Å²) < 4.78 is 0. The maximum absolute atomic E-state index is 12.3. The van der Waals surface area contributed by atoms with E-state index in [-0.39, 0.29) is 5.91 Å². The highest BCUT2D eigenvalue weighted by Gasteiger charge is 2.28. The number of nitrogens with zero attached hydrogens (tertiary/aromatic N) is 1. The van der Waals surface area contributed by atoms with Crippen molar-refractivity contribution < 1.29 is 9.90 Å². The molecule has 2 rings (SSSR count). The molecule has 5 heteroatoms. The SMILES string of the molecule is Cc1sc(C(=O)N2CCCC(C)(O)CC2)cc1N. The third-order valence-electron chi connectivity index (χ3n) is 3.52. The molecule has 1 fully saturated rings. The molecule has 1 aromatic rings. The van der Waals surface area contributed by atoms with Crippen LogP contribution in [0.2, 0.25) is 0 Å². The lowest BCUT2D eigenvalue weighted by Crippen LogP contribution is -2.33. The summed E-state index contributed by atoms with van der Waals surface area (Å²) in [7, 11) is 0. The molecule has 3 N–H and O–H groups in total. The van der Waals surface area contributed by atoms with Gasteiger partial charge in [0.05, 0.1) is 10.5 Å². The third kappa shape index (κ3) is 2.84. The van der Waals surface area contributed by atoms with Crippen molar-refractivity contribution in [3.8, 4) is 0 Å². The summed E-state index contributed by atoms with van der Waals surface area (Å²) in [5.74, 6) is 0.0394. The average molecular weight is 268 g/mol. The van der Waals surface area contributed by atoms with Gasteiger partial charge >= 0.3 is 0 Å². The van der Waals surface area contributed by atoms with Crippen molar-refractivity contribution in [2.24, 2.45) is 0 Å². The van der Waals surface area contributed by atoms with Crippen molar-refractivity contribution in [3.05, 3.63) is 15.8 Å². The quantitative estimate of drug-likeness (QED) is 0.819. The highest BCUT2D eigenvalue weighted by Crippen LogP contribution is 2.27. The van der Waals surface area contributed by atoms with Crippen LogP contribution in [0.4, 0.5) is 5.69 Å². The van der Waals surface area contributed by atoms with Crippen molar-refractivity contribution in [2.45, 2.75) is 38.7 Å². The second kappa shape index (κ2) is 4.90. The van der Waals surface area contributed by atoms with Crippen LogP contribution in [-0.4, -0.2) is 34.6 Å². The number of likely N-dealkylation sites (tertiary alicyclic amines) is 1. The summed E-state index contributed by atoms with van der Waals surface area (Å²) >= 11 is 1.44. The molecule has 1 aliphatic heterocycles. The van der Waals surface area contributed by atoms with Crippen LogP contribution in [0.3, 0.4) is 0 Å². The van der Waals surface area contributed by atoms with Crippen molar-refractivity contribution in [1.29, 1.82) is 0 Å². The van der Waals surface area contributed by atoms with Gasteiger partial charge in [0, 0.05) is 23.7 Å². The molecule has 1 unspecified atom stereocenters. The molecular formula is C13H20N2O2S. The Kier molecular flexibility index (Phi) is 3.64. The first-order chi connectivity index (χ1) is 8.39. The molecule has 1 aliphatic rings. The molecule has 1 aromatic heterocycles. The molecule has 0 aliphatic carbocycles. The maximum Gasteiger partial charge on any atom is 0.264 e. The summed E-state index contributed by atoms with van der Waals surface area (Å²) in [6, 6.07) is 1.76. The Hall–Kier alpha value is -1.07. The molecule has 2 heterocycles. The number of thiophene rings is 1. The molecule has 0 bridgehead atoms. The van der Waals surface area contributed by atoms with Gasteiger partial charge in [0.2, 0.25) is 0 Å². The van der Waals surface area contributed by atoms with E-state index in [2.05, 4.69) is 0 Å². The fourth-order valence-corrected chi connectivity index (χ4v) is 3.13. The largest absolute Gasteiger partial charge is 0.398 e. The van der Waals surface area contributed by atoms with Gasteiger partial charge < -0.3 is 15.7 Å². The molecule has 0 aromatic carbocycles. The van der Waals surface area contributed by atoms with Crippen LogP contribution >= 0.6 is 11.3 Å². The van der Waals surface area contributed by atoms with Crippen LogP contribution in [0.5, 0.6) is 0 Å². The molecule has 4 nitrogen and oxygen atoms in total. The molecule has 1 atom stereocenters. The van der Waals surface area contributed by atoms with E-state index in [1.54, 1.807) is 6.07 Å². The number of aryl methyl sites for hydroxylation is 1. The van der Waals surface area contributed by atoms with Crippen molar-refractivity contribution >= 4 is 22.9 Å². The minimum atomic E-state index is -0.639. The van der Waals surface area contributed by atoms with E-state index in [9.17, 15) is 9.90 Å². The van der Waals surface area contributed by atoms with Gasteiger partial charge in [-0.2, -0.15) is 0 Å². The number of rotatable bonds is 1. The highest BCUT2D eigenvalue weighted by atomic mass is 32.1. The lowest BCUT2D eigenvalue weighted by molar-refractivity contribution is 0.0438. The molecule has 1 amide bonds. The second-order valence-corrected chi connectivity index (χ2v) is 6.52. The minimum absolute atomic E-state index is 0.0394. The molecule has 0 spiro atoms. The Bertz CT molecular complexity index is 434. The monoisotopic (exact) mass is 268 g/mol. The number of aliphatic hydroxyl groups is 1. The summed E-state index contributed by atoms with van der Waals surface area (Å²) in [6.45, 7) is 5.09. The Labute approximate surface area is 111 Å². The van der Waals surface area contributed by atoms with Gasteiger partial charge in [0.15, 0.2) is 0 Å². The number of hydrogen-bond acceptors (Lipinski definition) is 4. The molecule has 0 saturated carbocycles.